The zero-order chi connectivity index (χ0) is 14.4. The van der Waals surface area contributed by atoms with Gasteiger partial charge >= 0.3 is 0 Å². The summed E-state index contributed by atoms with van der Waals surface area (Å²) in [6.45, 7) is 5.05. The van der Waals surface area contributed by atoms with Crippen LogP contribution in [0.2, 0.25) is 0 Å². The van der Waals surface area contributed by atoms with Crippen molar-refractivity contribution < 1.29 is 9.47 Å². The number of ether oxygens (including phenoxy) is 2. The summed E-state index contributed by atoms with van der Waals surface area (Å²) in [5.74, 6) is 1.74. The molecule has 0 aromatic heterocycles. The molecule has 0 unspecified atom stereocenters. The van der Waals surface area contributed by atoms with E-state index in [1.807, 2.05) is 56.3 Å². The van der Waals surface area contributed by atoms with E-state index < -0.39 is 0 Å². The number of benzene rings is 2. The normalized spacial score (nSPS) is 11.9. The van der Waals surface area contributed by atoms with Crippen LogP contribution in [0.4, 0.5) is 0 Å². The Labute approximate surface area is 120 Å². The van der Waals surface area contributed by atoms with Gasteiger partial charge < -0.3 is 15.2 Å². The van der Waals surface area contributed by atoms with Gasteiger partial charge in [0.25, 0.3) is 0 Å². The molecule has 0 amide bonds. The van der Waals surface area contributed by atoms with E-state index in [4.69, 9.17) is 15.2 Å². The molecule has 0 bridgehead atoms. The Kier molecular flexibility index (Phi) is 5.02. The first-order valence-electron chi connectivity index (χ1n) is 6.83. The van der Waals surface area contributed by atoms with Gasteiger partial charge in [-0.2, -0.15) is 0 Å². The van der Waals surface area contributed by atoms with Crippen molar-refractivity contribution in [2.24, 2.45) is 5.73 Å². The molecule has 0 heterocycles. The van der Waals surface area contributed by atoms with Gasteiger partial charge in [-0.15, -0.1) is 0 Å². The molecule has 2 N–H and O–H groups in total. The van der Waals surface area contributed by atoms with Crippen molar-refractivity contribution in [3.05, 3.63) is 59.7 Å². The summed E-state index contributed by atoms with van der Waals surface area (Å²) in [5.41, 5.74) is 8.08. The van der Waals surface area contributed by atoms with Crippen LogP contribution in [0.15, 0.2) is 48.5 Å². The van der Waals surface area contributed by atoms with Crippen molar-refractivity contribution in [2.45, 2.75) is 19.9 Å². The summed E-state index contributed by atoms with van der Waals surface area (Å²) in [6.07, 6.45) is 0. The molecular weight excluding hydrogens is 250 g/mol. The highest BCUT2D eigenvalue weighted by Crippen LogP contribution is 2.21. The summed E-state index contributed by atoms with van der Waals surface area (Å²) in [4.78, 5) is 0. The lowest BCUT2D eigenvalue weighted by Gasteiger charge is -2.12. The minimum Gasteiger partial charge on any atom is -0.490 e. The molecule has 0 saturated heterocycles. The molecule has 106 valence electrons. The van der Waals surface area contributed by atoms with Gasteiger partial charge in [0.1, 0.15) is 24.7 Å². The van der Waals surface area contributed by atoms with Gasteiger partial charge in [0, 0.05) is 6.04 Å². The fourth-order valence-corrected chi connectivity index (χ4v) is 1.95. The minimum absolute atomic E-state index is 0.0455. The highest BCUT2D eigenvalue weighted by Gasteiger charge is 2.04. The first-order chi connectivity index (χ1) is 9.66. The number of rotatable bonds is 6. The van der Waals surface area contributed by atoms with E-state index in [0.717, 1.165) is 22.6 Å². The van der Waals surface area contributed by atoms with Gasteiger partial charge in [-0.05, 0) is 43.2 Å². The van der Waals surface area contributed by atoms with Gasteiger partial charge in [-0.1, -0.05) is 30.3 Å². The van der Waals surface area contributed by atoms with E-state index in [2.05, 4.69) is 6.07 Å². The third-order valence-corrected chi connectivity index (χ3v) is 3.08. The highest BCUT2D eigenvalue weighted by molar-refractivity contribution is 5.37. The molecule has 0 aliphatic rings. The third kappa shape index (κ3) is 4.00. The Morgan fingerprint density at radius 2 is 1.70 bits per heavy atom. The molecule has 2 aromatic rings. The Hall–Kier alpha value is -2.00. The predicted octanol–water partition coefficient (Wildman–Crippen LogP) is 3.47. The lowest BCUT2D eigenvalue weighted by Crippen LogP contribution is -2.10. The molecule has 0 saturated carbocycles. The lowest BCUT2D eigenvalue weighted by molar-refractivity contribution is 0.216. The van der Waals surface area contributed by atoms with E-state index in [-0.39, 0.29) is 6.04 Å². The standard InChI is InChI=1S/C17H21NO2/c1-13-12-15(14(2)18)8-9-17(13)20-11-10-19-16-6-4-3-5-7-16/h3-9,12,14H,10-11,18H2,1-2H3/t14-/m1/s1. The smallest absolute Gasteiger partial charge is 0.122 e. The van der Waals surface area contributed by atoms with E-state index >= 15 is 0 Å². The van der Waals surface area contributed by atoms with E-state index in [1.54, 1.807) is 0 Å². The maximum absolute atomic E-state index is 5.86. The molecule has 3 nitrogen and oxygen atoms in total. The van der Waals surface area contributed by atoms with Crippen LogP contribution in [0.5, 0.6) is 11.5 Å². The Morgan fingerprint density at radius 1 is 1.00 bits per heavy atom. The summed E-state index contributed by atoms with van der Waals surface area (Å²) >= 11 is 0. The molecule has 20 heavy (non-hydrogen) atoms. The molecule has 0 radical (unpaired) electrons. The average Bonchev–Trinajstić information content (AvgIpc) is 2.46. The number of para-hydroxylation sites is 1. The number of nitrogens with two attached hydrogens (primary N) is 1. The van der Waals surface area contributed by atoms with Crippen LogP contribution >= 0.6 is 0 Å². The monoisotopic (exact) mass is 271 g/mol. The third-order valence-electron chi connectivity index (χ3n) is 3.08. The minimum atomic E-state index is 0.0455. The first kappa shape index (κ1) is 14.4. The summed E-state index contributed by atoms with van der Waals surface area (Å²) in [5, 5.41) is 0. The second-order valence-corrected chi connectivity index (χ2v) is 4.82. The van der Waals surface area contributed by atoms with Crippen LogP contribution < -0.4 is 15.2 Å². The molecule has 1 atom stereocenters. The lowest BCUT2D eigenvalue weighted by atomic mass is 10.1. The average molecular weight is 271 g/mol. The maximum Gasteiger partial charge on any atom is 0.122 e. The Bertz CT molecular complexity index is 538. The van der Waals surface area contributed by atoms with Gasteiger partial charge in [0.05, 0.1) is 0 Å². The van der Waals surface area contributed by atoms with Crippen LogP contribution in [-0.2, 0) is 0 Å². The van der Waals surface area contributed by atoms with Gasteiger partial charge in [0.15, 0.2) is 0 Å². The number of aryl methyl sites for hydroxylation is 1. The SMILES string of the molecule is Cc1cc([C@@H](C)N)ccc1OCCOc1ccccc1. The maximum atomic E-state index is 5.86. The molecule has 2 aromatic carbocycles. The summed E-state index contributed by atoms with van der Waals surface area (Å²) in [6, 6.07) is 15.8. The zero-order valence-corrected chi connectivity index (χ0v) is 12.0. The predicted molar refractivity (Wildman–Crippen MR) is 81.2 cm³/mol. The molecule has 0 aliphatic heterocycles. The number of hydrogen-bond donors (Lipinski definition) is 1. The largest absolute Gasteiger partial charge is 0.490 e. The summed E-state index contributed by atoms with van der Waals surface area (Å²) in [7, 11) is 0. The van der Waals surface area contributed by atoms with Crippen LogP contribution in [0.25, 0.3) is 0 Å². The van der Waals surface area contributed by atoms with Crippen LogP contribution in [0.3, 0.4) is 0 Å². The molecule has 0 fully saturated rings. The van der Waals surface area contributed by atoms with Crippen LogP contribution in [0.1, 0.15) is 24.1 Å². The van der Waals surface area contributed by atoms with E-state index in [0.29, 0.717) is 13.2 Å². The van der Waals surface area contributed by atoms with E-state index in [1.165, 1.54) is 0 Å². The number of hydrogen-bond acceptors (Lipinski definition) is 3. The van der Waals surface area contributed by atoms with Gasteiger partial charge in [-0.25, -0.2) is 0 Å². The second kappa shape index (κ2) is 6.96. The fraction of sp³-hybridized carbons (Fsp3) is 0.294. The molecule has 3 heteroatoms. The van der Waals surface area contributed by atoms with Crippen LogP contribution in [-0.4, -0.2) is 13.2 Å². The fourth-order valence-electron chi connectivity index (χ4n) is 1.95. The zero-order valence-electron chi connectivity index (χ0n) is 12.0. The topological polar surface area (TPSA) is 44.5 Å². The van der Waals surface area contributed by atoms with Crippen molar-refractivity contribution >= 4 is 0 Å². The molecule has 0 spiro atoms. The first-order valence-corrected chi connectivity index (χ1v) is 6.83. The van der Waals surface area contributed by atoms with Crippen molar-refractivity contribution in [1.29, 1.82) is 0 Å². The quantitative estimate of drug-likeness (QED) is 0.818. The van der Waals surface area contributed by atoms with Crippen LogP contribution in [0, 0.1) is 6.92 Å². The molecule has 0 aliphatic carbocycles. The summed E-state index contributed by atoms with van der Waals surface area (Å²) < 4.78 is 11.3. The molecular formula is C17H21NO2. The van der Waals surface area contributed by atoms with E-state index in [9.17, 15) is 0 Å². The highest BCUT2D eigenvalue weighted by atomic mass is 16.5. The van der Waals surface area contributed by atoms with Crippen molar-refractivity contribution in [2.75, 3.05) is 13.2 Å². The Morgan fingerprint density at radius 3 is 2.35 bits per heavy atom. The van der Waals surface area contributed by atoms with Gasteiger partial charge in [0.2, 0.25) is 0 Å². The van der Waals surface area contributed by atoms with Crippen molar-refractivity contribution in [3.8, 4) is 11.5 Å². The van der Waals surface area contributed by atoms with Crippen molar-refractivity contribution in [1.82, 2.24) is 0 Å². The van der Waals surface area contributed by atoms with Gasteiger partial charge in [-0.3, -0.25) is 0 Å². The molecule has 2 rings (SSSR count). The Balaban J connectivity index is 1.82. The van der Waals surface area contributed by atoms with Crippen molar-refractivity contribution in [3.63, 3.8) is 0 Å². The second-order valence-electron chi connectivity index (χ2n) is 4.82.